The molecule has 5 nitrogen and oxygen atoms in total. The molecule has 3 aliphatic carbocycles. The molecule has 6 rings (SSSR count). The minimum absolute atomic E-state index is 0.0468. The molecule has 3 aliphatic heterocycles. The van der Waals surface area contributed by atoms with Gasteiger partial charge in [-0.3, -0.25) is 9.59 Å². The van der Waals surface area contributed by atoms with Crippen LogP contribution in [-0.2, 0) is 14.3 Å². The summed E-state index contributed by atoms with van der Waals surface area (Å²) in [5.74, 6) is -0.934. The molecule has 1 saturated carbocycles. The highest BCUT2D eigenvalue weighted by molar-refractivity contribution is 5.90. The number of amides is 1. The van der Waals surface area contributed by atoms with E-state index in [9.17, 15) is 14.7 Å². The van der Waals surface area contributed by atoms with Gasteiger partial charge in [-0.25, -0.2) is 0 Å². The highest BCUT2D eigenvalue weighted by Gasteiger charge is 2.67. The summed E-state index contributed by atoms with van der Waals surface area (Å²) in [7, 11) is 0. The van der Waals surface area contributed by atoms with E-state index < -0.39 is 29.5 Å². The maximum atomic E-state index is 13.0. The Morgan fingerprint density at radius 2 is 2.25 bits per heavy atom. The lowest BCUT2D eigenvalue weighted by Crippen LogP contribution is -2.50. The van der Waals surface area contributed by atoms with Gasteiger partial charge in [0.15, 0.2) is 0 Å². The number of carbonyl (C=O) groups excluding carboxylic acids is 1. The molecular weight excluding hydrogens is 306 g/mol. The summed E-state index contributed by atoms with van der Waals surface area (Å²) in [6, 6.07) is 0. The molecule has 4 bridgehead atoms. The van der Waals surface area contributed by atoms with Crippen molar-refractivity contribution in [2.75, 3.05) is 13.1 Å². The van der Waals surface area contributed by atoms with E-state index in [0.717, 1.165) is 12.3 Å². The van der Waals surface area contributed by atoms with E-state index in [1.165, 1.54) is 12.0 Å². The highest BCUT2D eigenvalue weighted by Crippen LogP contribution is 2.60. The fourth-order valence-electron chi connectivity index (χ4n) is 5.87. The summed E-state index contributed by atoms with van der Waals surface area (Å²) in [6.07, 6.45) is 7.95. The smallest absolute Gasteiger partial charge is 0.310 e. The highest BCUT2D eigenvalue weighted by atomic mass is 16.5. The molecule has 1 N–H and O–H groups in total. The SMILES string of the molecule is CC1(C)[C@@H]2CC=C(CN3C[C@@]45C=C[C@@H](O4)[C@H](C(=O)O)[C@@H]5C3=O)[C@@H]1C2. The van der Waals surface area contributed by atoms with Crippen LogP contribution in [0, 0.1) is 29.1 Å². The van der Waals surface area contributed by atoms with Crippen LogP contribution < -0.4 is 0 Å². The monoisotopic (exact) mass is 329 g/mol. The van der Waals surface area contributed by atoms with Crippen LogP contribution in [0.25, 0.3) is 0 Å². The van der Waals surface area contributed by atoms with Crippen molar-refractivity contribution in [1.82, 2.24) is 4.90 Å². The van der Waals surface area contributed by atoms with Gasteiger partial charge in [0.05, 0.1) is 18.6 Å². The van der Waals surface area contributed by atoms with Crippen LogP contribution in [0.3, 0.4) is 0 Å². The third-order valence-electron chi connectivity index (χ3n) is 7.42. The minimum Gasteiger partial charge on any atom is -0.481 e. The van der Waals surface area contributed by atoms with Gasteiger partial charge in [-0.1, -0.05) is 37.6 Å². The number of carboxylic acid groups (broad SMARTS) is 1. The summed E-state index contributed by atoms with van der Waals surface area (Å²) in [6.45, 7) is 5.77. The molecule has 0 unspecified atom stereocenters. The Labute approximate surface area is 141 Å². The third kappa shape index (κ3) is 1.59. The number of likely N-dealkylation sites (tertiary alicyclic amines) is 1. The van der Waals surface area contributed by atoms with Gasteiger partial charge >= 0.3 is 5.97 Å². The minimum atomic E-state index is -0.925. The van der Waals surface area contributed by atoms with Crippen LogP contribution >= 0.6 is 0 Å². The van der Waals surface area contributed by atoms with Crippen molar-refractivity contribution in [3.05, 3.63) is 23.8 Å². The van der Waals surface area contributed by atoms with Crippen LogP contribution in [-0.4, -0.2) is 46.7 Å². The van der Waals surface area contributed by atoms with Crippen molar-refractivity contribution in [2.24, 2.45) is 29.1 Å². The predicted octanol–water partition coefficient (Wildman–Crippen LogP) is 1.85. The Kier molecular flexibility index (Phi) is 2.64. The van der Waals surface area contributed by atoms with Gasteiger partial charge in [0.2, 0.25) is 5.91 Å². The van der Waals surface area contributed by atoms with Gasteiger partial charge < -0.3 is 14.7 Å². The largest absolute Gasteiger partial charge is 0.481 e. The Morgan fingerprint density at radius 3 is 2.92 bits per heavy atom. The first-order chi connectivity index (χ1) is 11.3. The number of allylic oxidation sites excluding steroid dienone is 1. The molecule has 0 radical (unpaired) electrons. The molecule has 1 amide bonds. The van der Waals surface area contributed by atoms with Crippen molar-refractivity contribution in [2.45, 2.75) is 38.4 Å². The molecule has 2 saturated heterocycles. The van der Waals surface area contributed by atoms with Gasteiger partial charge in [-0.05, 0) is 30.1 Å². The van der Waals surface area contributed by atoms with Crippen molar-refractivity contribution in [3.8, 4) is 0 Å². The number of rotatable bonds is 3. The van der Waals surface area contributed by atoms with E-state index in [2.05, 4.69) is 19.9 Å². The third-order valence-corrected chi connectivity index (χ3v) is 7.42. The van der Waals surface area contributed by atoms with Crippen molar-refractivity contribution >= 4 is 11.9 Å². The van der Waals surface area contributed by atoms with Crippen LogP contribution in [0.15, 0.2) is 23.8 Å². The molecule has 0 aromatic rings. The molecule has 3 fully saturated rings. The van der Waals surface area contributed by atoms with Gasteiger partial charge in [0.1, 0.15) is 11.5 Å². The number of ether oxygens (including phenoxy) is 1. The van der Waals surface area contributed by atoms with Crippen LogP contribution in [0.2, 0.25) is 0 Å². The summed E-state index contributed by atoms with van der Waals surface area (Å²) >= 11 is 0. The Hall–Kier alpha value is -1.62. The molecule has 3 heterocycles. The van der Waals surface area contributed by atoms with Crippen molar-refractivity contribution < 1.29 is 19.4 Å². The van der Waals surface area contributed by atoms with E-state index in [4.69, 9.17) is 4.74 Å². The maximum Gasteiger partial charge on any atom is 0.310 e. The molecule has 0 aromatic carbocycles. The first-order valence-corrected chi connectivity index (χ1v) is 8.91. The fraction of sp³-hybridized carbons (Fsp3) is 0.684. The number of hydrogen-bond acceptors (Lipinski definition) is 3. The number of fused-ring (bicyclic) bond motifs is 2. The van der Waals surface area contributed by atoms with Gasteiger partial charge in [0, 0.05) is 6.54 Å². The van der Waals surface area contributed by atoms with Crippen LogP contribution in [0.5, 0.6) is 0 Å². The summed E-state index contributed by atoms with van der Waals surface area (Å²) < 4.78 is 5.95. The number of carbonyl (C=O) groups is 2. The standard InChI is InChI=1S/C19H23NO4/c1-18(2)11-4-3-10(12(18)7-11)8-20-9-19-6-5-13(24-19)14(17(22)23)15(19)16(20)21/h3,5-6,11-15H,4,7-9H2,1-2H3,(H,22,23)/t11-,12+,13-,14+,15-,19-/m1/s1. The molecule has 6 atom stereocenters. The molecule has 24 heavy (non-hydrogen) atoms. The zero-order valence-corrected chi connectivity index (χ0v) is 14.1. The maximum absolute atomic E-state index is 13.0. The normalized spacial score (nSPS) is 46.8. The van der Waals surface area contributed by atoms with Crippen LogP contribution in [0.1, 0.15) is 26.7 Å². The van der Waals surface area contributed by atoms with E-state index in [0.29, 0.717) is 24.4 Å². The first-order valence-electron chi connectivity index (χ1n) is 8.91. The van der Waals surface area contributed by atoms with E-state index in [1.807, 2.05) is 17.1 Å². The average Bonchev–Trinajstić information content (AvgIpc) is 3.16. The number of carboxylic acids is 1. The lowest BCUT2D eigenvalue weighted by Gasteiger charge is -2.56. The Balaban J connectivity index is 1.40. The van der Waals surface area contributed by atoms with Gasteiger partial charge in [-0.2, -0.15) is 0 Å². The Morgan fingerprint density at radius 1 is 1.46 bits per heavy atom. The molecule has 6 aliphatic rings. The summed E-state index contributed by atoms with van der Waals surface area (Å²) in [5, 5.41) is 9.53. The topological polar surface area (TPSA) is 66.8 Å². The first kappa shape index (κ1) is 14.7. The van der Waals surface area contributed by atoms with E-state index in [-0.39, 0.29) is 5.91 Å². The quantitative estimate of drug-likeness (QED) is 0.803. The van der Waals surface area contributed by atoms with Gasteiger partial charge in [-0.15, -0.1) is 0 Å². The molecule has 128 valence electrons. The lowest BCUT2D eigenvalue weighted by molar-refractivity contribution is -0.148. The average molecular weight is 329 g/mol. The molecule has 5 heteroatoms. The summed E-state index contributed by atoms with van der Waals surface area (Å²) in [4.78, 5) is 26.4. The summed E-state index contributed by atoms with van der Waals surface area (Å²) in [5.41, 5.74) is 0.981. The number of aliphatic carboxylic acids is 1. The second-order valence-electron chi connectivity index (χ2n) is 8.75. The zero-order valence-electron chi connectivity index (χ0n) is 14.1. The Bertz CT molecular complexity index is 708. The zero-order chi connectivity index (χ0) is 16.9. The van der Waals surface area contributed by atoms with Crippen molar-refractivity contribution in [1.29, 1.82) is 0 Å². The fourth-order valence-corrected chi connectivity index (χ4v) is 5.87. The van der Waals surface area contributed by atoms with E-state index >= 15 is 0 Å². The van der Waals surface area contributed by atoms with Crippen LogP contribution in [0.4, 0.5) is 0 Å². The number of hydrogen-bond donors (Lipinski definition) is 1. The van der Waals surface area contributed by atoms with E-state index in [1.54, 1.807) is 0 Å². The lowest BCUT2D eigenvalue weighted by atomic mass is 9.49. The second kappa shape index (κ2) is 4.31. The molecule has 1 spiro atoms. The predicted molar refractivity (Wildman–Crippen MR) is 86.0 cm³/mol. The number of nitrogens with zero attached hydrogens (tertiary/aromatic N) is 1. The molecular formula is C19H23NO4. The molecule has 0 aromatic heterocycles. The van der Waals surface area contributed by atoms with Gasteiger partial charge in [0.25, 0.3) is 0 Å². The second-order valence-corrected chi connectivity index (χ2v) is 8.75. The van der Waals surface area contributed by atoms with Crippen molar-refractivity contribution in [3.63, 3.8) is 0 Å².